The normalized spacial score (nSPS) is 31.8. The molecule has 1 saturated heterocycles. The van der Waals surface area contributed by atoms with E-state index in [0.717, 1.165) is 6.04 Å². The summed E-state index contributed by atoms with van der Waals surface area (Å²) in [5.74, 6) is 0. The van der Waals surface area contributed by atoms with Crippen LogP contribution in [0.15, 0.2) is 0 Å². The number of piperazine rings is 1. The first kappa shape index (κ1) is 12.0. The minimum absolute atomic E-state index is 0.554. The lowest BCUT2D eigenvalue weighted by molar-refractivity contribution is -0.0185. The molecule has 1 heterocycles. The summed E-state index contributed by atoms with van der Waals surface area (Å²) in [6, 6.07) is 0.920. The highest BCUT2D eigenvalue weighted by Crippen LogP contribution is 2.38. The Morgan fingerprint density at radius 1 is 0.882 bits per heavy atom. The van der Waals surface area contributed by atoms with Crippen LogP contribution in [0, 0.1) is 0 Å². The number of hydrogen-bond donors (Lipinski definition) is 1. The van der Waals surface area contributed by atoms with Crippen LogP contribution in [0.25, 0.3) is 0 Å². The fourth-order valence-electron chi connectivity index (χ4n) is 4.50. The van der Waals surface area contributed by atoms with Crippen molar-refractivity contribution < 1.29 is 0 Å². The minimum Gasteiger partial charge on any atom is -0.314 e. The Hall–Kier alpha value is -0.0800. The van der Waals surface area contributed by atoms with Gasteiger partial charge in [0.15, 0.2) is 0 Å². The van der Waals surface area contributed by atoms with Crippen molar-refractivity contribution in [2.75, 3.05) is 19.6 Å². The van der Waals surface area contributed by atoms with Gasteiger partial charge >= 0.3 is 0 Å². The molecular formula is C15H28N2. The first-order valence-electron chi connectivity index (χ1n) is 7.88. The third kappa shape index (κ3) is 2.39. The second kappa shape index (κ2) is 5.27. The molecule has 0 aromatic rings. The molecule has 1 spiro atoms. The van der Waals surface area contributed by atoms with Crippen LogP contribution in [0.1, 0.15) is 64.2 Å². The van der Waals surface area contributed by atoms with Gasteiger partial charge in [-0.25, -0.2) is 0 Å². The summed E-state index contributed by atoms with van der Waals surface area (Å²) in [5.41, 5.74) is 0.554. The first-order valence-corrected chi connectivity index (χ1v) is 7.88. The Morgan fingerprint density at radius 3 is 2.35 bits per heavy atom. The highest BCUT2D eigenvalue weighted by atomic mass is 15.3. The molecule has 0 atom stereocenters. The van der Waals surface area contributed by atoms with Gasteiger partial charge in [-0.1, -0.05) is 38.5 Å². The molecule has 2 saturated carbocycles. The second-order valence-electron chi connectivity index (χ2n) is 6.45. The van der Waals surface area contributed by atoms with E-state index in [2.05, 4.69) is 10.2 Å². The Morgan fingerprint density at radius 2 is 1.59 bits per heavy atom. The molecule has 2 heteroatoms. The van der Waals surface area contributed by atoms with E-state index in [-0.39, 0.29) is 0 Å². The van der Waals surface area contributed by atoms with Gasteiger partial charge in [-0.3, -0.25) is 4.90 Å². The van der Waals surface area contributed by atoms with Crippen molar-refractivity contribution in [1.82, 2.24) is 10.2 Å². The Balaban J connectivity index is 1.73. The summed E-state index contributed by atoms with van der Waals surface area (Å²) < 4.78 is 0. The molecule has 0 aromatic carbocycles. The molecule has 3 aliphatic rings. The van der Waals surface area contributed by atoms with Gasteiger partial charge in [0, 0.05) is 31.2 Å². The Kier molecular flexibility index (Phi) is 3.72. The molecule has 0 bridgehead atoms. The van der Waals surface area contributed by atoms with Crippen molar-refractivity contribution in [2.45, 2.75) is 75.8 Å². The molecule has 0 unspecified atom stereocenters. The molecule has 2 aliphatic carbocycles. The van der Waals surface area contributed by atoms with E-state index in [9.17, 15) is 0 Å². The molecule has 3 fully saturated rings. The highest BCUT2D eigenvalue weighted by molar-refractivity contribution is 5.00. The van der Waals surface area contributed by atoms with Crippen LogP contribution in [-0.4, -0.2) is 36.1 Å². The maximum absolute atomic E-state index is 3.67. The molecule has 98 valence electrons. The highest BCUT2D eigenvalue weighted by Gasteiger charge is 2.42. The van der Waals surface area contributed by atoms with E-state index in [1.807, 2.05) is 0 Å². The van der Waals surface area contributed by atoms with E-state index >= 15 is 0 Å². The number of nitrogens with zero attached hydrogens (tertiary/aromatic N) is 1. The molecule has 17 heavy (non-hydrogen) atoms. The Bertz CT molecular complexity index is 231. The summed E-state index contributed by atoms with van der Waals surface area (Å²) >= 11 is 0. The maximum Gasteiger partial charge on any atom is 0.0337 e. The van der Waals surface area contributed by atoms with Crippen molar-refractivity contribution in [3.8, 4) is 0 Å². The van der Waals surface area contributed by atoms with Crippen molar-refractivity contribution in [1.29, 1.82) is 0 Å². The lowest BCUT2D eigenvalue weighted by Gasteiger charge is -2.54. The standard InChI is InChI=1S/C15H28N2/c1-3-7-14(8-4-1)17-12-11-16-13-15(17)9-5-2-6-10-15/h14,16H,1-13H2. The summed E-state index contributed by atoms with van der Waals surface area (Å²) in [7, 11) is 0. The topological polar surface area (TPSA) is 15.3 Å². The van der Waals surface area contributed by atoms with Gasteiger partial charge in [0.1, 0.15) is 0 Å². The van der Waals surface area contributed by atoms with Crippen LogP contribution in [0.2, 0.25) is 0 Å². The molecule has 0 amide bonds. The zero-order chi connectivity index (χ0) is 11.6. The van der Waals surface area contributed by atoms with Crippen LogP contribution in [0.3, 0.4) is 0 Å². The fourth-order valence-corrected chi connectivity index (χ4v) is 4.50. The Labute approximate surface area is 106 Å². The third-order valence-corrected chi connectivity index (χ3v) is 5.39. The number of hydrogen-bond acceptors (Lipinski definition) is 2. The summed E-state index contributed by atoms with van der Waals surface area (Å²) in [6.45, 7) is 3.80. The monoisotopic (exact) mass is 236 g/mol. The van der Waals surface area contributed by atoms with Crippen LogP contribution in [0.5, 0.6) is 0 Å². The van der Waals surface area contributed by atoms with Gasteiger partial charge in [0.25, 0.3) is 0 Å². The van der Waals surface area contributed by atoms with E-state index in [1.165, 1.54) is 83.8 Å². The summed E-state index contributed by atoms with van der Waals surface area (Å²) in [5, 5.41) is 3.67. The molecule has 3 rings (SSSR count). The van der Waals surface area contributed by atoms with Crippen molar-refractivity contribution in [3.63, 3.8) is 0 Å². The fraction of sp³-hybridized carbons (Fsp3) is 1.00. The van der Waals surface area contributed by atoms with Gasteiger partial charge in [-0.05, 0) is 25.7 Å². The largest absolute Gasteiger partial charge is 0.314 e. The third-order valence-electron chi connectivity index (χ3n) is 5.39. The predicted molar refractivity (Wildman–Crippen MR) is 72.3 cm³/mol. The van der Waals surface area contributed by atoms with Crippen LogP contribution in [-0.2, 0) is 0 Å². The molecule has 0 aromatic heterocycles. The first-order chi connectivity index (χ1) is 8.41. The van der Waals surface area contributed by atoms with E-state index in [4.69, 9.17) is 0 Å². The van der Waals surface area contributed by atoms with Gasteiger partial charge in [0.05, 0.1) is 0 Å². The second-order valence-corrected chi connectivity index (χ2v) is 6.45. The molecule has 1 N–H and O–H groups in total. The van der Waals surface area contributed by atoms with E-state index in [0.29, 0.717) is 5.54 Å². The van der Waals surface area contributed by atoms with Gasteiger partial charge in [-0.2, -0.15) is 0 Å². The zero-order valence-electron chi connectivity index (χ0n) is 11.2. The molecule has 0 radical (unpaired) electrons. The lowest BCUT2D eigenvalue weighted by atomic mass is 9.77. The SMILES string of the molecule is C1CCC(N2CCNCC23CCCCC3)CC1. The van der Waals surface area contributed by atoms with Gasteiger partial charge in [-0.15, -0.1) is 0 Å². The van der Waals surface area contributed by atoms with Gasteiger partial charge in [0.2, 0.25) is 0 Å². The van der Waals surface area contributed by atoms with E-state index in [1.54, 1.807) is 0 Å². The minimum atomic E-state index is 0.554. The van der Waals surface area contributed by atoms with Crippen molar-refractivity contribution in [2.24, 2.45) is 0 Å². The van der Waals surface area contributed by atoms with Crippen LogP contribution < -0.4 is 5.32 Å². The summed E-state index contributed by atoms with van der Waals surface area (Å²) in [4.78, 5) is 2.95. The van der Waals surface area contributed by atoms with Crippen LogP contribution in [0.4, 0.5) is 0 Å². The van der Waals surface area contributed by atoms with E-state index < -0.39 is 0 Å². The molecule has 2 nitrogen and oxygen atoms in total. The van der Waals surface area contributed by atoms with Gasteiger partial charge < -0.3 is 5.32 Å². The summed E-state index contributed by atoms with van der Waals surface area (Å²) in [6.07, 6.45) is 14.7. The maximum atomic E-state index is 3.67. The van der Waals surface area contributed by atoms with Crippen LogP contribution >= 0.6 is 0 Å². The van der Waals surface area contributed by atoms with Crippen molar-refractivity contribution >= 4 is 0 Å². The molecular weight excluding hydrogens is 208 g/mol. The zero-order valence-corrected chi connectivity index (χ0v) is 11.2. The average molecular weight is 236 g/mol. The predicted octanol–water partition coefficient (Wildman–Crippen LogP) is 2.93. The van der Waals surface area contributed by atoms with Crippen molar-refractivity contribution in [3.05, 3.63) is 0 Å². The smallest absolute Gasteiger partial charge is 0.0337 e. The quantitative estimate of drug-likeness (QED) is 0.753. The lowest BCUT2D eigenvalue weighted by Crippen LogP contribution is -2.64. The number of rotatable bonds is 1. The molecule has 1 aliphatic heterocycles. The number of nitrogens with one attached hydrogen (secondary N) is 1. The average Bonchev–Trinajstić information content (AvgIpc) is 2.41.